The van der Waals surface area contributed by atoms with E-state index in [4.69, 9.17) is 14.6 Å². The number of aliphatic hydroxyl groups is 2. The van der Waals surface area contributed by atoms with Gasteiger partial charge in [-0.15, -0.1) is 0 Å². The highest BCUT2D eigenvalue weighted by Crippen LogP contribution is 2.31. The summed E-state index contributed by atoms with van der Waals surface area (Å²) < 4.78 is 11.2. The number of morpholine rings is 1. The van der Waals surface area contributed by atoms with Crippen molar-refractivity contribution in [2.75, 3.05) is 49.7 Å². The van der Waals surface area contributed by atoms with Crippen LogP contribution < -0.4 is 21.0 Å². The van der Waals surface area contributed by atoms with Crippen LogP contribution in [0.3, 0.4) is 0 Å². The second kappa shape index (κ2) is 11.6. The van der Waals surface area contributed by atoms with E-state index in [9.17, 15) is 9.90 Å². The number of nitrogens with zero attached hydrogens (tertiary/aromatic N) is 3. The first-order chi connectivity index (χ1) is 17.6. The smallest absolute Gasteiger partial charge is 0.276 e. The SMILES string of the molecule is O=C(Nc1cccc(N2CCOCC2)n1)C1=CNC2CCC(C3=CCCC(OCC(O)CO)C3)NN12. The minimum Gasteiger partial charge on any atom is -0.394 e. The maximum atomic E-state index is 13.2. The lowest BCUT2D eigenvalue weighted by Crippen LogP contribution is -2.56. The van der Waals surface area contributed by atoms with Crippen molar-refractivity contribution >= 4 is 17.5 Å². The first-order valence-corrected chi connectivity index (χ1v) is 12.8. The summed E-state index contributed by atoms with van der Waals surface area (Å²) in [6, 6.07) is 5.76. The van der Waals surface area contributed by atoms with Crippen LogP contribution in [0.4, 0.5) is 11.6 Å². The maximum absolute atomic E-state index is 13.2. The van der Waals surface area contributed by atoms with Crippen LogP contribution in [0.25, 0.3) is 0 Å². The molecule has 0 saturated carbocycles. The van der Waals surface area contributed by atoms with E-state index in [-0.39, 0.29) is 37.4 Å². The molecular formula is C25H36N6O5. The lowest BCUT2D eigenvalue weighted by atomic mass is 9.89. The van der Waals surface area contributed by atoms with Gasteiger partial charge in [0.05, 0.1) is 32.5 Å². The number of rotatable bonds is 8. The molecule has 1 amide bonds. The quantitative estimate of drug-likeness (QED) is 0.321. The Labute approximate surface area is 211 Å². The second-order valence-electron chi connectivity index (χ2n) is 9.63. The summed E-state index contributed by atoms with van der Waals surface area (Å²) in [6.07, 6.45) is 7.61. The van der Waals surface area contributed by atoms with Gasteiger partial charge in [0.25, 0.3) is 5.91 Å². The number of pyridine rings is 1. The molecule has 0 bridgehead atoms. The molecule has 0 radical (unpaired) electrons. The number of carbonyl (C=O) groups is 1. The highest BCUT2D eigenvalue weighted by molar-refractivity contribution is 6.03. The Hall–Kier alpha value is -2.70. The normalized spacial score (nSPS) is 27.0. The first kappa shape index (κ1) is 25.0. The van der Waals surface area contributed by atoms with Crippen molar-refractivity contribution < 1.29 is 24.5 Å². The topological polar surface area (TPSA) is 131 Å². The van der Waals surface area contributed by atoms with Gasteiger partial charge in [0, 0.05) is 25.3 Å². The van der Waals surface area contributed by atoms with Crippen molar-refractivity contribution in [1.82, 2.24) is 20.7 Å². The molecule has 4 atom stereocenters. The number of aliphatic hydroxyl groups excluding tert-OH is 2. The lowest BCUT2D eigenvalue weighted by molar-refractivity contribution is -0.115. The molecule has 1 aliphatic carbocycles. The average molecular weight is 501 g/mol. The molecule has 2 saturated heterocycles. The molecule has 11 nitrogen and oxygen atoms in total. The Morgan fingerprint density at radius 3 is 2.97 bits per heavy atom. The van der Waals surface area contributed by atoms with Crippen LogP contribution in [0, 0.1) is 0 Å². The highest BCUT2D eigenvalue weighted by Gasteiger charge is 2.37. The lowest BCUT2D eigenvalue weighted by Gasteiger charge is -2.40. The number of ether oxygens (including phenoxy) is 2. The molecule has 196 valence electrons. The third kappa shape index (κ3) is 5.81. The summed E-state index contributed by atoms with van der Waals surface area (Å²) in [6.45, 7) is 2.75. The Morgan fingerprint density at radius 2 is 2.14 bits per heavy atom. The summed E-state index contributed by atoms with van der Waals surface area (Å²) in [4.78, 5) is 20.0. The number of allylic oxidation sites excluding steroid dienone is 1. The summed E-state index contributed by atoms with van der Waals surface area (Å²) in [7, 11) is 0. The Kier molecular flexibility index (Phi) is 8.02. The number of aromatic nitrogens is 1. The van der Waals surface area contributed by atoms with Gasteiger partial charge in [-0.3, -0.25) is 9.80 Å². The number of nitrogens with one attached hydrogen (secondary N) is 3. The standard InChI is InChI=1S/C25H36N6O5/c32-15-18(33)16-36-19-4-1-3-17(13-19)20-7-8-23-26-14-21(31(23)29-20)25(34)28-22-5-2-6-24(27-22)30-9-11-35-12-10-30/h2-3,5-6,14,18-20,23,26,29,32-33H,1,4,7-13,15-16H2,(H,27,28,34). The molecule has 5 rings (SSSR count). The Balaban J connectivity index is 1.19. The van der Waals surface area contributed by atoms with E-state index in [1.54, 1.807) is 12.3 Å². The van der Waals surface area contributed by atoms with E-state index in [0.717, 1.165) is 51.0 Å². The van der Waals surface area contributed by atoms with Crippen molar-refractivity contribution in [3.8, 4) is 0 Å². The Morgan fingerprint density at radius 1 is 1.28 bits per heavy atom. The van der Waals surface area contributed by atoms with Gasteiger partial charge in [-0.1, -0.05) is 17.7 Å². The molecule has 4 aliphatic rings. The molecule has 36 heavy (non-hydrogen) atoms. The van der Waals surface area contributed by atoms with Gasteiger partial charge in [-0.05, 0) is 44.2 Å². The van der Waals surface area contributed by atoms with E-state index < -0.39 is 6.10 Å². The summed E-state index contributed by atoms with van der Waals surface area (Å²) >= 11 is 0. The van der Waals surface area contributed by atoms with Crippen LogP contribution in [0.1, 0.15) is 32.1 Å². The van der Waals surface area contributed by atoms with E-state index >= 15 is 0 Å². The first-order valence-electron chi connectivity index (χ1n) is 12.8. The fourth-order valence-electron chi connectivity index (χ4n) is 5.13. The van der Waals surface area contributed by atoms with Crippen LogP contribution in [0.15, 0.2) is 41.7 Å². The van der Waals surface area contributed by atoms with Crippen LogP contribution >= 0.6 is 0 Å². The van der Waals surface area contributed by atoms with E-state index in [0.29, 0.717) is 24.7 Å². The number of fused-ring (bicyclic) bond motifs is 1. The van der Waals surface area contributed by atoms with Crippen LogP contribution in [-0.4, -0.2) is 90.0 Å². The zero-order chi connectivity index (χ0) is 24.9. The molecule has 1 aromatic heterocycles. The molecule has 4 unspecified atom stereocenters. The predicted octanol–water partition coefficient (Wildman–Crippen LogP) is 0.445. The third-order valence-electron chi connectivity index (χ3n) is 7.09. The molecule has 3 aliphatic heterocycles. The van der Waals surface area contributed by atoms with E-state index in [1.807, 2.05) is 17.1 Å². The molecule has 5 N–H and O–H groups in total. The van der Waals surface area contributed by atoms with Gasteiger partial charge in [0.1, 0.15) is 29.6 Å². The number of hydrogen-bond acceptors (Lipinski definition) is 10. The number of hydrogen-bond donors (Lipinski definition) is 5. The minimum absolute atomic E-state index is 0.0190. The Bertz CT molecular complexity index is 981. The fourth-order valence-corrected chi connectivity index (χ4v) is 5.13. The van der Waals surface area contributed by atoms with Crippen molar-refractivity contribution in [1.29, 1.82) is 0 Å². The molecular weight excluding hydrogens is 464 g/mol. The molecule has 1 aromatic rings. The largest absolute Gasteiger partial charge is 0.394 e. The molecule has 0 spiro atoms. The van der Waals surface area contributed by atoms with E-state index in [2.05, 4.69) is 32.0 Å². The zero-order valence-electron chi connectivity index (χ0n) is 20.4. The number of amides is 1. The summed E-state index contributed by atoms with van der Waals surface area (Å²) in [5, 5.41) is 26.8. The van der Waals surface area contributed by atoms with Gasteiger partial charge in [-0.2, -0.15) is 0 Å². The molecule has 4 heterocycles. The zero-order valence-corrected chi connectivity index (χ0v) is 20.4. The summed E-state index contributed by atoms with van der Waals surface area (Å²) in [5.41, 5.74) is 5.33. The van der Waals surface area contributed by atoms with E-state index in [1.165, 1.54) is 5.57 Å². The van der Waals surface area contributed by atoms with Crippen LogP contribution in [-0.2, 0) is 14.3 Å². The maximum Gasteiger partial charge on any atom is 0.276 e. The second-order valence-corrected chi connectivity index (χ2v) is 9.63. The number of carbonyl (C=O) groups excluding carboxylic acids is 1. The average Bonchev–Trinajstić information content (AvgIpc) is 3.36. The van der Waals surface area contributed by atoms with Crippen molar-refractivity contribution in [2.24, 2.45) is 0 Å². The monoisotopic (exact) mass is 500 g/mol. The van der Waals surface area contributed by atoms with Gasteiger partial charge >= 0.3 is 0 Å². The molecule has 2 fully saturated rings. The molecule has 0 aromatic carbocycles. The third-order valence-corrected chi connectivity index (χ3v) is 7.09. The molecule has 11 heteroatoms. The number of hydrazine groups is 1. The highest BCUT2D eigenvalue weighted by atomic mass is 16.5. The van der Waals surface area contributed by atoms with Crippen LogP contribution in [0.2, 0.25) is 0 Å². The van der Waals surface area contributed by atoms with Crippen molar-refractivity contribution in [3.05, 3.63) is 41.7 Å². The van der Waals surface area contributed by atoms with Crippen molar-refractivity contribution in [3.63, 3.8) is 0 Å². The van der Waals surface area contributed by atoms with Crippen molar-refractivity contribution in [2.45, 2.75) is 56.5 Å². The minimum atomic E-state index is -0.848. The summed E-state index contributed by atoms with van der Waals surface area (Å²) in [5.74, 6) is 1.12. The van der Waals surface area contributed by atoms with Gasteiger partial charge < -0.3 is 35.2 Å². The predicted molar refractivity (Wildman–Crippen MR) is 134 cm³/mol. The van der Waals surface area contributed by atoms with Gasteiger partial charge in [0.15, 0.2) is 0 Å². The number of anilines is 2. The van der Waals surface area contributed by atoms with Gasteiger partial charge in [-0.25, -0.2) is 10.4 Å². The van der Waals surface area contributed by atoms with Gasteiger partial charge in [0.2, 0.25) is 0 Å². The van der Waals surface area contributed by atoms with Crippen LogP contribution in [0.5, 0.6) is 0 Å². The fraction of sp³-hybridized carbons (Fsp3) is 0.600.